The predicted molar refractivity (Wildman–Crippen MR) is 97.1 cm³/mol. The van der Waals surface area contributed by atoms with Crippen LogP contribution in [0.5, 0.6) is 11.5 Å². The molecule has 5 heteroatoms. The Hall–Kier alpha value is -1.23. The lowest BCUT2D eigenvalue weighted by atomic mass is 9.87. The minimum Gasteiger partial charge on any atom is -0.493 e. The summed E-state index contributed by atoms with van der Waals surface area (Å²) in [7, 11) is 3.26. The number of nitrogens with one attached hydrogen (secondary N) is 1. The lowest BCUT2D eigenvalue weighted by Gasteiger charge is -2.22. The smallest absolute Gasteiger partial charge is 0.179 e. The largest absolute Gasteiger partial charge is 0.493 e. The summed E-state index contributed by atoms with van der Waals surface area (Å²) < 4.78 is 12.1. The van der Waals surface area contributed by atoms with Crippen molar-refractivity contribution in [1.29, 1.82) is 0 Å². The molecule has 1 aliphatic heterocycles. The van der Waals surface area contributed by atoms with Gasteiger partial charge in [-0.25, -0.2) is 0 Å². The van der Waals surface area contributed by atoms with Crippen molar-refractivity contribution in [2.45, 2.75) is 12.3 Å². The second kappa shape index (κ2) is 7.12. The van der Waals surface area contributed by atoms with Gasteiger partial charge in [-0.15, -0.1) is 0 Å². The fourth-order valence-electron chi connectivity index (χ4n) is 3.18. The van der Waals surface area contributed by atoms with Crippen molar-refractivity contribution in [3.8, 4) is 11.5 Å². The lowest BCUT2D eigenvalue weighted by molar-refractivity contribution is 0.354. The fourth-order valence-corrected chi connectivity index (χ4v) is 4.11. The van der Waals surface area contributed by atoms with Gasteiger partial charge in [-0.05, 0) is 41.8 Å². The molecule has 1 aliphatic rings. The summed E-state index contributed by atoms with van der Waals surface area (Å²) in [5.74, 6) is 1.50. The first kappa shape index (κ1) is 16.6. The summed E-state index contributed by atoms with van der Waals surface area (Å²) in [4.78, 5) is 0. The quantitative estimate of drug-likeness (QED) is 0.834. The van der Waals surface area contributed by atoms with Crippen LogP contribution in [0.2, 0.25) is 5.02 Å². The number of benzene rings is 2. The van der Waals surface area contributed by atoms with E-state index in [-0.39, 0.29) is 5.92 Å². The van der Waals surface area contributed by atoms with E-state index in [4.69, 9.17) is 21.1 Å². The van der Waals surface area contributed by atoms with Gasteiger partial charge in [0.05, 0.1) is 19.2 Å². The number of halogens is 2. The summed E-state index contributed by atoms with van der Waals surface area (Å²) in [5.41, 5.74) is 3.58. The molecule has 1 unspecified atom stereocenters. The normalized spacial score (nSPS) is 17.3. The minimum absolute atomic E-state index is 0.209. The average Bonchev–Trinajstić information content (AvgIpc) is 2.77. The number of rotatable bonds is 3. The summed E-state index contributed by atoms with van der Waals surface area (Å²) in [6.07, 6.45) is 0.871. The van der Waals surface area contributed by atoms with Crippen molar-refractivity contribution >= 4 is 27.5 Å². The van der Waals surface area contributed by atoms with Crippen LogP contribution in [-0.2, 0) is 6.42 Å². The Morgan fingerprint density at radius 1 is 1.17 bits per heavy atom. The van der Waals surface area contributed by atoms with Gasteiger partial charge < -0.3 is 14.8 Å². The van der Waals surface area contributed by atoms with E-state index in [0.717, 1.165) is 29.5 Å². The van der Waals surface area contributed by atoms with Crippen LogP contribution in [0.1, 0.15) is 22.6 Å². The average molecular weight is 397 g/mol. The Morgan fingerprint density at radius 2 is 1.96 bits per heavy atom. The van der Waals surface area contributed by atoms with Crippen molar-refractivity contribution in [3.05, 3.63) is 56.5 Å². The monoisotopic (exact) mass is 395 g/mol. The summed E-state index contributed by atoms with van der Waals surface area (Å²) >= 11 is 10.3. The second-order valence-electron chi connectivity index (χ2n) is 5.52. The summed E-state index contributed by atoms with van der Waals surface area (Å²) in [6, 6.07) is 10.4. The number of hydrogen-bond donors (Lipinski definition) is 1. The highest BCUT2D eigenvalue weighted by Gasteiger charge is 2.27. The van der Waals surface area contributed by atoms with Crippen LogP contribution in [-0.4, -0.2) is 27.3 Å². The molecule has 0 spiro atoms. The van der Waals surface area contributed by atoms with Crippen molar-refractivity contribution in [1.82, 2.24) is 5.32 Å². The Bertz CT molecular complexity index is 720. The van der Waals surface area contributed by atoms with Crippen LogP contribution < -0.4 is 14.8 Å². The molecule has 0 aliphatic carbocycles. The van der Waals surface area contributed by atoms with E-state index in [1.807, 2.05) is 6.07 Å². The molecule has 0 saturated carbocycles. The highest BCUT2D eigenvalue weighted by Crippen LogP contribution is 2.44. The number of methoxy groups -OCH3 is 2. The first-order valence-electron chi connectivity index (χ1n) is 7.55. The van der Waals surface area contributed by atoms with Crippen LogP contribution in [0.3, 0.4) is 0 Å². The maximum atomic E-state index is 6.63. The summed E-state index contributed by atoms with van der Waals surface area (Å²) in [5, 5.41) is 4.17. The molecule has 23 heavy (non-hydrogen) atoms. The first-order chi connectivity index (χ1) is 11.2. The standard InChI is InChI=1S/C18H19BrClNO2/c1-22-16-9-13-12(17(20)18(16)23-2)7-8-21-10-14(13)11-5-3-4-6-15(11)19/h3-6,9,14,21H,7-8,10H2,1-2H3. The third-order valence-corrected chi connectivity index (χ3v) is 5.43. The molecule has 2 aromatic rings. The molecular weight excluding hydrogens is 378 g/mol. The Kier molecular flexibility index (Phi) is 5.14. The Morgan fingerprint density at radius 3 is 2.65 bits per heavy atom. The van der Waals surface area contributed by atoms with E-state index in [1.165, 1.54) is 11.1 Å². The topological polar surface area (TPSA) is 30.5 Å². The van der Waals surface area contributed by atoms with Crippen LogP contribution >= 0.6 is 27.5 Å². The van der Waals surface area contributed by atoms with E-state index >= 15 is 0 Å². The van der Waals surface area contributed by atoms with Gasteiger partial charge in [0.25, 0.3) is 0 Å². The Labute approximate surface area is 150 Å². The molecule has 1 N–H and O–H groups in total. The minimum atomic E-state index is 0.209. The molecule has 1 atom stereocenters. The molecule has 3 nitrogen and oxygen atoms in total. The van der Waals surface area contributed by atoms with Gasteiger partial charge in [-0.2, -0.15) is 0 Å². The highest BCUT2D eigenvalue weighted by atomic mass is 79.9. The van der Waals surface area contributed by atoms with Gasteiger partial charge >= 0.3 is 0 Å². The predicted octanol–water partition coefficient (Wildman–Crippen LogP) is 4.40. The maximum Gasteiger partial charge on any atom is 0.179 e. The molecule has 0 fully saturated rings. The van der Waals surface area contributed by atoms with E-state index < -0.39 is 0 Å². The zero-order chi connectivity index (χ0) is 16.4. The first-order valence-corrected chi connectivity index (χ1v) is 8.72. The molecule has 0 saturated heterocycles. The molecule has 2 aromatic carbocycles. The van der Waals surface area contributed by atoms with Gasteiger partial charge in [-0.3, -0.25) is 0 Å². The van der Waals surface area contributed by atoms with Gasteiger partial charge in [-0.1, -0.05) is 45.7 Å². The lowest BCUT2D eigenvalue weighted by Crippen LogP contribution is -2.21. The van der Waals surface area contributed by atoms with E-state index in [1.54, 1.807) is 14.2 Å². The zero-order valence-electron chi connectivity index (χ0n) is 13.2. The van der Waals surface area contributed by atoms with Crippen LogP contribution in [0.15, 0.2) is 34.8 Å². The zero-order valence-corrected chi connectivity index (χ0v) is 15.5. The SMILES string of the molecule is COc1cc2c(c(Cl)c1OC)CCNCC2c1ccccc1Br. The molecule has 0 aromatic heterocycles. The molecule has 1 heterocycles. The van der Waals surface area contributed by atoms with E-state index in [2.05, 4.69) is 45.5 Å². The molecule has 0 bridgehead atoms. The molecule has 3 rings (SSSR count). The van der Waals surface area contributed by atoms with Crippen molar-refractivity contribution in [2.24, 2.45) is 0 Å². The van der Waals surface area contributed by atoms with Crippen LogP contribution in [0, 0.1) is 0 Å². The van der Waals surface area contributed by atoms with Gasteiger partial charge in [0, 0.05) is 16.9 Å². The van der Waals surface area contributed by atoms with E-state index in [9.17, 15) is 0 Å². The number of ether oxygens (including phenoxy) is 2. The second-order valence-corrected chi connectivity index (χ2v) is 6.75. The van der Waals surface area contributed by atoms with Gasteiger partial charge in [0.1, 0.15) is 0 Å². The van der Waals surface area contributed by atoms with Crippen molar-refractivity contribution in [3.63, 3.8) is 0 Å². The third kappa shape index (κ3) is 3.08. The number of hydrogen-bond acceptors (Lipinski definition) is 3. The van der Waals surface area contributed by atoms with Crippen LogP contribution in [0.4, 0.5) is 0 Å². The molecule has 0 amide bonds. The molecule has 0 radical (unpaired) electrons. The Balaban J connectivity index is 2.21. The van der Waals surface area contributed by atoms with Crippen molar-refractivity contribution < 1.29 is 9.47 Å². The molecular formula is C18H19BrClNO2. The summed E-state index contributed by atoms with van der Waals surface area (Å²) in [6.45, 7) is 1.75. The third-order valence-electron chi connectivity index (χ3n) is 4.30. The van der Waals surface area contributed by atoms with E-state index in [0.29, 0.717) is 16.5 Å². The fraction of sp³-hybridized carbons (Fsp3) is 0.333. The van der Waals surface area contributed by atoms with Gasteiger partial charge in [0.15, 0.2) is 11.5 Å². The van der Waals surface area contributed by atoms with Gasteiger partial charge in [0.2, 0.25) is 0 Å². The highest BCUT2D eigenvalue weighted by molar-refractivity contribution is 9.10. The maximum absolute atomic E-state index is 6.63. The number of fused-ring (bicyclic) bond motifs is 1. The van der Waals surface area contributed by atoms with Crippen molar-refractivity contribution in [2.75, 3.05) is 27.3 Å². The van der Waals surface area contributed by atoms with Crippen LogP contribution in [0.25, 0.3) is 0 Å². The molecule has 122 valence electrons.